The first-order chi connectivity index (χ1) is 10.8. The van der Waals surface area contributed by atoms with Crippen LogP contribution in [-0.2, 0) is 9.59 Å². The molecule has 1 heterocycles. The number of carboxylic acid groups (broad SMARTS) is 1. The van der Waals surface area contributed by atoms with E-state index in [1.165, 1.54) is 11.8 Å². The number of hydrogen-bond acceptors (Lipinski definition) is 5. The van der Waals surface area contributed by atoms with Crippen LogP contribution in [0.3, 0.4) is 0 Å². The van der Waals surface area contributed by atoms with Gasteiger partial charge in [-0.05, 0) is 69.2 Å². The van der Waals surface area contributed by atoms with Crippen molar-refractivity contribution in [1.82, 2.24) is 4.90 Å². The highest BCUT2D eigenvalue weighted by Gasteiger charge is 2.30. The number of benzene rings is 1. The third-order valence-electron chi connectivity index (χ3n) is 2.85. The standard InChI is InChI=1S/C14H11BrINO4S2/c1-2-17-13(20)10(23-14(17)22)5-7-3-8(15)12(9(16)4-7)21-6-11(18)19/h3-5H,2,6H2,1H3,(H,18,19)/b10-5-. The molecule has 1 N–H and O–H groups in total. The fourth-order valence-corrected chi connectivity index (χ4v) is 5.01. The molecular weight excluding hydrogens is 517 g/mol. The molecule has 2 rings (SSSR count). The number of likely N-dealkylation sites (N-methyl/N-ethyl adjacent to an activating group) is 1. The van der Waals surface area contributed by atoms with Gasteiger partial charge in [0, 0.05) is 6.54 Å². The molecule has 0 radical (unpaired) electrons. The number of thiocarbonyl (C=S) groups is 1. The molecule has 0 aromatic heterocycles. The molecule has 1 aliphatic rings. The second-order valence-electron chi connectivity index (χ2n) is 4.42. The van der Waals surface area contributed by atoms with Crippen LogP contribution in [-0.4, -0.2) is 39.4 Å². The first kappa shape index (κ1) is 18.7. The predicted octanol–water partition coefficient (Wildman–Crippen LogP) is 3.74. The zero-order chi connectivity index (χ0) is 17.1. The highest BCUT2D eigenvalue weighted by atomic mass is 127. The Kier molecular flexibility index (Phi) is 6.46. The molecule has 1 aromatic rings. The number of nitrogens with zero attached hydrogens (tertiary/aromatic N) is 1. The fourth-order valence-electron chi connectivity index (χ4n) is 1.86. The van der Waals surface area contributed by atoms with Crippen molar-refractivity contribution in [2.24, 2.45) is 0 Å². The van der Waals surface area contributed by atoms with Gasteiger partial charge in [0.05, 0.1) is 12.9 Å². The van der Waals surface area contributed by atoms with Crippen molar-refractivity contribution in [1.29, 1.82) is 0 Å². The van der Waals surface area contributed by atoms with E-state index in [-0.39, 0.29) is 5.91 Å². The number of hydrogen-bond donors (Lipinski definition) is 1. The average molecular weight is 528 g/mol. The third kappa shape index (κ3) is 4.46. The molecule has 1 aliphatic heterocycles. The molecule has 5 nitrogen and oxygen atoms in total. The van der Waals surface area contributed by atoms with Crippen LogP contribution in [0.25, 0.3) is 6.08 Å². The fraction of sp³-hybridized carbons (Fsp3) is 0.214. The van der Waals surface area contributed by atoms with Crippen molar-refractivity contribution in [2.45, 2.75) is 6.92 Å². The molecule has 9 heteroatoms. The summed E-state index contributed by atoms with van der Waals surface area (Å²) in [6.07, 6.45) is 1.77. The number of amides is 1. The number of carbonyl (C=O) groups is 2. The maximum atomic E-state index is 12.2. The van der Waals surface area contributed by atoms with Crippen molar-refractivity contribution in [3.63, 3.8) is 0 Å². The number of halogens is 2. The van der Waals surface area contributed by atoms with Gasteiger partial charge in [-0.2, -0.15) is 0 Å². The molecule has 0 saturated carbocycles. The number of carbonyl (C=O) groups excluding carboxylic acids is 1. The van der Waals surface area contributed by atoms with Gasteiger partial charge >= 0.3 is 5.97 Å². The molecule has 1 saturated heterocycles. The van der Waals surface area contributed by atoms with Crippen LogP contribution in [0.4, 0.5) is 0 Å². The number of ether oxygens (including phenoxy) is 1. The van der Waals surface area contributed by atoms with Crippen LogP contribution in [0.1, 0.15) is 12.5 Å². The molecule has 0 spiro atoms. The van der Waals surface area contributed by atoms with E-state index in [0.717, 1.165) is 9.13 Å². The summed E-state index contributed by atoms with van der Waals surface area (Å²) in [4.78, 5) is 24.9. The summed E-state index contributed by atoms with van der Waals surface area (Å²) in [6.45, 7) is 2.01. The maximum absolute atomic E-state index is 12.2. The van der Waals surface area contributed by atoms with Crippen LogP contribution in [0.15, 0.2) is 21.5 Å². The highest BCUT2D eigenvalue weighted by molar-refractivity contribution is 14.1. The van der Waals surface area contributed by atoms with E-state index in [9.17, 15) is 9.59 Å². The molecule has 0 bridgehead atoms. The molecule has 1 aromatic carbocycles. The summed E-state index contributed by atoms with van der Waals surface area (Å²) in [5, 5.41) is 8.69. The number of aliphatic carboxylic acids is 1. The Hall–Kier alpha value is -0.650. The van der Waals surface area contributed by atoms with Gasteiger partial charge in [-0.25, -0.2) is 4.79 Å². The maximum Gasteiger partial charge on any atom is 0.341 e. The molecule has 0 unspecified atom stereocenters. The summed E-state index contributed by atoms with van der Waals surface area (Å²) in [7, 11) is 0. The lowest BCUT2D eigenvalue weighted by atomic mass is 10.2. The molecule has 1 fully saturated rings. The van der Waals surface area contributed by atoms with E-state index in [1.807, 2.05) is 13.0 Å². The smallest absolute Gasteiger partial charge is 0.341 e. The van der Waals surface area contributed by atoms with Crippen LogP contribution in [0.5, 0.6) is 5.75 Å². The van der Waals surface area contributed by atoms with Crippen molar-refractivity contribution in [3.05, 3.63) is 30.6 Å². The van der Waals surface area contributed by atoms with Crippen LogP contribution < -0.4 is 4.74 Å². The van der Waals surface area contributed by atoms with Gasteiger partial charge in [0.15, 0.2) is 6.61 Å². The predicted molar refractivity (Wildman–Crippen MR) is 106 cm³/mol. The van der Waals surface area contributed by atoms with Crippen molar-refractivity contribution in [3.8, 4) is 5.75 Å². The summed E-state index contributed by atoms with van der Waals surface area (Å²) >= 11 is 11.9. The molecule has 1 amide bonds. The summed E-state index contributed by atoms with van der Waals surface area (Å²) in [5.41, 5.74) is 0.806. The molecule has 0 atom stereocenters. The van der Waals surface area contributed by atoms with Gasteiger partial charge in [0.2, 0.25) is 0 Å². The van der Waals surface area contributed by atoms with E-state index in [0.29, 0.717) is 26.0 Å². The summed E-state index contributed by atoms with van der Waals surface area (Å²) < 4.78 is 7.18. The number of carboxylic acids is 1. The van der Waals surface area contributed by atoms with Gasteiger partial charge in [0.1, 0.15) is 10.1 Å². The Bertz CT molecular complexity index is 700. The zero-order valence-electron chi connectivity index (χ0n) is 11.8. The molecular formula is C14H11BrINO4S2. The van der Waals surface area contributed by atoms with Crippen LogP contribution in [0.2, 0.25) is 0 Å². The Balaban J connectivity index is 2.28. The van der Waals surface area contributed by atoms with Gasteiger partial charge < -0.3 is 9.84 Å². The minimum Gasteiger partial charge on any atom is -0.480 e. The Morgan fingerprint density at radius 1 is 1.57 bits per heavy atom. The van der Waals surface area contributed by atoms with Crippen LogP contribution in [0, 0.1) is 3.57 Å². The molecule has 122 valence electrons. The van der Waals surface area contributed by atoms with Crippen molar-refractivity contribution < 1.29 is 19.4 Å². The Morgan fingerprint density at radius 3 is 2.78 bits per heavy atom. The lowest BCUT2D eigenvalue weighted by Crippen LogP contribution is -2.27. The summed E-state index contributed by atoms with van der Waals surface area (Å²) in [5.74, 6) is -0.675. The molecule has 0 aliphatic carbocycles. The second-order valence-corrected chi connectivity index (χ2v) is 8.11. The normalized spacial score (nSPS) is 16.3. The first-order valence-electron chi connectivity index (χ1n) is 6.42. The van der Waals surface area contributed by atoms with Gasteiger partial charge in [-0.15, -0.1) is 0 Å². The van der Waals surface area contributed by atoms with Crippen molar-refractivity contribution in [2.75, 3.05) is 13.2 Å². The van der Waals surface area contributed by atoms with Gasteiger partial charge in [0.25, 0.3) is 5.91 Å². The third-order valence-corrected chi connectivity index (χ3v) is 5.62. The Labute approximate surface area is 164 Å². The minimum absolute atomic E-state index is 0.0974. The largest absolute Gasteiger partial charge is 0.480 e. The SMILES string of the molecule is CCN1C(=O)/C(=C/c2cc(Br)c(OCC(=O)O)c(I)c2)SC1=S. The lowest BCUT2D eigenvalue weighted by molar-refractivity contribution is -0.139. The average Bonchev–Trinajstić information content (AvgIpc) is 2.71. The highest BCUT2D eigenvalue weighted by Crippen LogP contribution is 2.36. The van der Waals surface area contributed by atoms with E-state index in [2.05, 4.69) is 38.5 Å². The minimum atomic E-state index is -1.04. The topological polar surface area (TPSA) is 66.8 Å². The molecule has 23 heavy (non-hydrogen) atoms. The number of rotatable bonds is 5. The van der Waals surface area contributed by atoms with E-state index in [4.69, 9.17) is 22.1 Å². The monoisotopic (exact) mass is 527 g/mol. The van der Waals surface area contributed by atoms with E-state index < -0.39 is 12.6 Å². The van der Waals surface area contributed by atoms with E-state index in [1.54, 1.807) is 17.0 Å². The van der Waals surface area contributed by atoms with Crippen LogP contribution >= 0.6 is 62.5 Å². The first-order valence-corrected chi connectivity index (χ1v) is 9.52. The van der Waals surface area contributed by atoms with Gasteiger partial charge in [-0.3, -0.25) is 9.69 Å². The lowest BCUT2D eigenvalue weighted by Gasteiger charge is -2.10. The Morgan fingerprint density at radius 2 is 2.26 bits per heavy atom. The number of thioether (sulfide) groups is 1. The quantitative estimate of drug-likeness (QED) is 0.357. The second kappa shape index (κ2) is 7.95. The zero-order valence-corrected chi connectivity index (χ0v) is 17.2. The summed E-state index contributed by atoms with van der Waals surface area (Å²) in [6, 6.07) is 3.60. The van der Waals surface area contributed by atoms with Gasteiger partial charge in [-0.1, -0.05) is 24.0 Å². The van der Waals surface area contributed by atoms with Crippen molar-refractivity contribution >= 4 is 84.8 Å². The van der Waals surface area contributed by atoms with E-state index >= 15 is 0 Å².